The van der Waals surface area contributed by atoms with Crippen LogP contribution in [0.15, 0.2) is 36.4 Å². The molecule has 0 saturated carbocycles. The summed E-state index contributed by atoms with van der Waals surface area (Å²) in [7, 11) is 3.58. The fourth-order valence-corrected chi connectivity index (χ4v) is 2.44. The average Bonchev–Trinajstić information content (AvgIpc) is 2.76. The first-order chi connectivity index (χ1) is 9.60. The van der Waals surface area contributed by atoms with Crippen LogP contribution in [0.25, 0.3) is 22.4 Å². The predicted molar refractivity (Wildman–Crippen MR) is 82.1 cm³/mol. The number of methoxy groups -OCH3 is 1. The van der Waals surface area contributed by atoms with Gasteiger partial charge in [-0.2, -0.15) is 0 Å². The second-order valence-electron chi connectivity index (χ2n) is 4.58. The van der Waals surface area contributed by atoms with Crippen LogP contribution in [-0.2, 0) is 7.05 Å². The number of ether oxygens (including phenoxy) is 1. The van der Waals surface area contributed by atoms with Crippen molar-refractivity contribution in [3.63, 3.8) is 0 Å². The zero-order chi connectivity index (χ0) is 14.3. The van der Waals surface area contributed by atoms with Crippen LogP contribution >= 0.6 is 11.6 Å². The molecule has 3 aromatic rings. The molecule has 1 heterocycles. The summed E-state index contributed by atoms with van der Waals surface area (Å²) in [6, 6.07) is 11.2. The van der Waals surface area contributed by atoms with Crippen LogP contribution in [0.2, 0.25) is 5.02 Å². The molecule has 4 nitrogen and oxygen atoms in total. The molecule has 0 amide bonds. The summed E-state index contributed by atoms with van der Waals surface area (Å²) in [5, 5.41) is 0.667. The maximum absolute atomic E-state index is 6.06. The molecule has 0 saturated heterocycles. The van der Waals surface area contributed by atoms with Crippen LogP contribution < -0.4 is 10.5 Å². The van der Waals surface area contributed by atoms with Crippen molar-refractivity contribution in [1.82, 2.24) is 9.55 Å². The van der Waals surface area contributed by atoms with Gasteiger partial charge in [0.1, 0.15) is 11.6 Å². The number of nitrogens with two attached hydrogens (primary N) is 1. The number of aromatic nitrogens is 2. The topological polar surface area (TPSA) is 53.1 Å². The average molecular weight is 288 g/mol. The van der Waals surface area contributed by atoms with E-state index in [4.69, 9.17) is 22.1 Å². The van der Waals surface area contributed by atoms with Gasteiger partial charge in [-0.05, 0) is 36.4 Å². The molecule has 0 fully saturated rings. The molecule has 2 aromatic carbocycles. The van der Waals surface area contributed by atoms with Gasteiger partial charge in [0.2, 0.25) is 0 Å². The van der Waals surface area contributed by atoms with E-state index in [1.807, 2.05) is 48.0 Å². The van der Waals surface area contributed by atoms with Gasteiger partial charge in [0.25, 0.3) is 0 Å². The lowest BCUT2D eigenvalue weighted by Gasteiger charge is -2.08. The quantitative estimate of drug-likeness (QED) is 0.734. The van der Waals surface area contributed by atoms with Gasteiger partial charge in [-0.1, -0.05) is 11.6 Å². The van der Waals surface area contributed by atoms with E-state index in [1.165, 1.54) is 0 Å². The highest BCUT2D eigenvalue weighted by Gasteiger charge is 2.13. The minimum Gasteiger partial charge on any atom is -0.497 e. The first-order valence-electron chi connectivity index (χ1n) is 6.16. The standard InChI is InChI=1S/C15H14ClN3O/c1-19-14-6-3-9(16)7-13(14)18-15(19)11-8-10(20-2)4-5-12(11)17/h3-8H,17H2,1-2H3. The number of nitrogens with zero attached hydrogens (tertiary/aromatic N) is 2. The molecule has 0 radical (unpaired) electrons. The van der Waals surface area contributed by atoms with Gasteiger partial charge in [0, 0.05) is 23.3 Å². The van der Waals surface area contributed by atoms with Crippen LogP contribution in [0.5, 0.6) is 5.75 Å². The number of anilines is 1. The number of fused-ring (bicyclic) bond motifs is 1. The summed E-state index contributed by atoms with van der Waals surface area (Å²) < 4.78 is 7.25. The van der Waals surface area contributed by atoms with Crippen LogP contribution in [0.1, 0.15) is 0 Å². The largest absolute Gasteiger partial charge is 0.497 e. The van der Waals surface area contributed by atoms with Crippen LogP contribution in [0, 0.1) is 0 Å². The highest BCUT2D eigenvalue weighted by molar-refractivity contribution is 6.31. The zero-order valence-electron chi connectivity index (χ0n) is 11.2. The Balaban J connectivity index is 2.26. The van der Waals surface area contributed by atoms with E-state index in [1.54, 1.807) is 7.11 Å². The number of imidazole rings is 1. The van der Waals surface area contributed by atoms with Crippen LogP contribution in [0.3, 0.4) is 0 Å². The third-order valence-electron chi connectivity index (χ3n) is 3.34. The normalized spacial score (nSPS) is 10.9. The van der Waals surface area contributed by atoms with Gasteiger partial charge < -0.3 is 15.0 Å². The number of nitrogen functional groups attached to an aromatic ring is 1. The smallest absolute Gasteiger partial charge is 0.143 e. The van der Waals surface area contributed by atoms with Crippen LogP contribution in [0.4, 0.5) is 5.69 Å². The minimum absolute atomic E-state index is 0.662. The Bertz CT molecular complexity index is 795. The van der Waals surface area contributed by atoms with Gasteiger partial charge in [-0.25, -0.2) is 4.98 Å². The zero-order valence-corrected chi connectivity index (χ0v) is 12.0. The summed E-state index contributed by atoms with van der Waals surface area (Å²) in [5.41, 5.74) is 9.42. The van der Waals surface area contributed by atoms with E-state index in [9.17, 15) is 0 Å². The second kappa shape index (κ2) is 4.72. The molecule has 0 bridgehead atoms. The van der Waals surface area contributed by atoms with E-state index in [0.29, 0.717) is 10.7 Å². The van der Waals surface area contributed by atoms with Crippen molar-refractivity contribution in [1.29, 1.82) is 0 Å². The van der Waals surface area contributed by atoms with Gasteiger partial charge in [0.15, 0.2) is 0 Å². The number of hydrogen-bond acceptors (Lipinski definition) is 3. The monoisotopic (exact) mass is 287 g/mol. The molecule has 0 unspecified atom stereocenters. The van der Waals surface area contributed by atoms with Gasteiger partial charge in [-0.3, -0.25) is 0 Å². The Morgan fingerprint density at radius 3 is 2.75 bits per heavy atom. The Hall–Kier alpha value is -2.20. The predicted octanol–water partition coefficient (Wildman–Crippen LogP) is 3.48. The summed E-state index contributed by atoms with van der Waals surface area (Å²) in [6.07, 6.45) is 0. The maximum Gasteiger partial charge on any atom is 0.143 e. The lowest BCUT2D eigenvalue weighted by atomic mass is 10.1. The van der Waals surface area contributed by atoms with Crippen molar-refractivity contribution in [3.8, 4) is 17.1 Å². The van der Waals surface area contributed by atoms with Crippen molar-refractivity contribution in [3.05, 3.63) is 41.4 Å². The lowest BCUT2D eigenvalue weighted by Crippen LogP contribution is -1.97. The van der Waals surface area contributed by atoms with E-state index in [2.05, 4.69) is 4.98 Å². The molecule has 2 N–H and O–H groups in total. The summed E-state index contributed by atoms with van der Waals surface area (Å²) in [5.74, 6) is 1.54. The van der Waals surface area contributed by atoms with Crippen molar-refractivity contribution in [2.24, 2.45) is 7.05 Å². The van der Waals surface area contributed by atoms with Crippen molar-refractivity contribution in [2.45, 2.75) is 0 Å². The molecular formula is C15H14ClN3O. The SMILES string of the molecule is COc1ccc(N)c(-c2nc3cc(Cl)ccc3n2C)c1. The molecule has 3 rings (SSSR count). The molecule has 20 heavy (non-hydrogen) atoms. The minimum atomic E-state index is 0.662. The Labute approximate surface area is 121 Å². The van der Waals surface area contributed by atoms with Crippen LogP contribution in [-0.4, -0.2) is 16.7 Å². The van der Waals surface area contributed by atoms with Gasteiger partial charge in [-0.15, -0.1) is 0 Å². The summed E-state index contributed by atoms with van der Waals surface area (Å²) in [4.78, 5) is 4.62. The maximum atomic E-state index is 6.06. The van der Waals surface area contributed by atoms with Crippen molar-refractivity contribution >= 4 is 28.3 Å². The summed E-state index contributed by atoms with van der Waals surface area (Å²) >= 11 is 6.01. The first-order valence-corrected chi connectivity index (χ1v) is 6.54. The van der Waals surface area contributed by atoms with Crippen molar-refractivity contribution in [2.75, 3.05) is 12.8 Å². The number of benzene rings is 2. The Morgan fingerprint density at radius 1 is 1.20 bits per heavy atom. The van der Waals surface area contributed by atoms with E-state index >= 15 is 0 Å². The van der Waals surface area contributed by atoms with E-state index < -0.39 is 0 Å². The molecular weight excluding hydrogens is 274 g/mol. The molecule has 102 valence electrons. The number of rotatable bonds is 2. The Morgan fingerprint density at radius 2 is 2.00 bits per heavy atom. The summed E-state index contributed by atoms with van der Waals surface area (Å²) in [6.45, 7) is 0. The second-order valence-corrected chi connectivity index (χ2v) is 5.02. The first kappa shape index (κ1) is 12.8. The highest BCUT2D eigenvalue weighted by atomic mass is 35.5. The number of hydrogen-bond donors (Lipinski definition) is 1. The Kier molecular flexibility index (Phi) is 3.03. The third-order valence-corrected chi connectivity index (χ3v) is 3.58. The molecule has 0 atom stereocenters. The van der Waals surface area contributed by atoms with Gasteiger partial charge in [0.05, 0.1) is 18.1 Å². The molecule has 5 heteroatoms. The number of aryl methyl sites for hydroxylation is 1. The van der Waals surface area contributed by atoms with Crippen molar-refractivity contribution < 1.29 is 4.74 Å². The molecule has 0 aliphatic heterocycles. The third kappa shape index (κ3) is 1.98. The number of halogens is 1. The molecule has 0 aliphatic carbocycles. The molecule has 1 aromatic heterocycles. The van der Waals surface area contributed by atoms with E-state index in [-0.39, 0.29) is 0 Å². The fraction of sp³-hybridized carbons (Fsp3) is 0.133. The lowest BCUT2D eigenvalue weighted by molar-refractivity contribution is 0.415. The molecule has 0 aliphatic rings. The van der Waals surface area contributed by atoms with E-state index in [0.717, 1.165) is 28.2 Å². The fourth-order valence-electron chi connectivity index (χ4n) is 2.27. The highest BCUT2D eigenvalue weighted by Crippen LogP contribution is 2.31. The van der Waals surface area contributed by atoms with Gasteiger partial charge >= 0.3 is 0 Å². The molecule has 0 spiro atoms.